The van der Waals surface area contributed by atoms with Gasteiger partial charge in [-0.25, -0.2) is 0 Å². The highest BCUT2D eigenvalue weighted by molar-refractivity contribution is 7.12. The number of hydrogen-bond donors (Lipinski definition) is 0. The van der Waals surface area contributed by atoms with Crippen molar-refractivity contribution >= 4 is 46.4 Å². The van der Waals surface area contributed by atoms with Crippen LogP contribution in [-0.4, -0.2) is 47.8 Å². The lowest BCUT2D eigenvalue weighted by Crippen LogP contribution is -2.37. The minimum atomic E-state index is -0.145. The maximum absolute atomic E-state index is 12.7. The minimum Gasteiger partial charge on any atom is -0.337 e. The van der Waals surface area contributed by atoms with Gasteiger partial charge in [-0.15, -0.1) is 11.3 Å². The molecular formula is C17H16Cl2N2O2S. The van der Waals surface area contributed by atoms with Crippen LogP contribution in [0.4, 0.5) is 0 Å². The van der Waals surface area contributed by atoms with Crippen molar-refractivity contribution in [3.8, 4) is 0 Å². The van der Waals surface area contributed by atoms with Crippen molar-refractivity contribution in [3.05, 3.63) is 56.2 Å². The van der Waals surface area contributed by atoms with Gasteiger partial charge in [-0.1, -0.05) is 29.3 Å². The lowest BCUT2D eigenvalue weighted by Gasteiger charge is -2.22. The maximum Gasteiger partial charge on any atom is 0.263 e. The first-order valence-corrected chi connectivity index (χ1v) is 9.27. The molecule has 0 atom stereocenters. The van der Waals surface area contributed by atoms with Crippen LogP contribution in [0.2, 0.25) is 10.0 Å². The van der Waals surface area contributed by atoms with Crippen molar-refractivity contribution in [1.29, 1.82) is 0 Å². The Labute approximate surface area is 154 Å². The summed E-state index contributed by atoms with van der Waals surface area (Å²) in [6.45, 7) is 2.24. The predicted molar refractivity (Wildman–Crippen MR) is 97.2 cm³/mol. The summed E-state index contributed by atoms with van der Waals surface area (Å²) >= 11 is 13.5. The quantitative estimate of drug-likeness (QED) is 0.785. The summed E-state index contributed by atoms with van der Waals surface area (Å²) in [6.07, 6.45) is 0.737. The van der Waals surface area contributed by atoms with E-state index in [1.54, 1.807) is 28.0 Å². The molecule has 0 N–H and O–H groups in total. The standard InChI is InChI=1S/C17H16Cl2N2O2S/c18-12-4-5-14(19)13(11-12)16(22)20-6-2-7-21(9-8-20)17(23)15-3-1-10-24-15/h1,3-5,10-11H,2,6-9H2. The van der Waals surface area contributed by atoms with Crippen LogP contribution < -0.4 is 0 Å². The lowest BCUT2D eigenvalue weighted by molar-refractivity contribution is 0.0721. The van der Waals surface area contributed by atoms with E-state index >= 15 is 0 Å². The molecule has 4 nitrogen and oxygen atoms in total. The monoisotopic (exact) mass is 382 g/mol. The Morgan fingerprint density at radius 2 is 1.67 bits per heavy atom. The van der Waals surface area contributed by atoms with Gasteiger partial charge in [-0.2, -0.15) is 0 Å². The van der Waals surface area contributed by atoms with Crippen molar-refractivity contribution < 1.29 is 9.59 Å². The molecule has 2 amide bonds. The molecule has 7 heteroatoms. The Morgan fingerprint density at radius 1 is 0.958 bits per heavy atom. The van der Waals surface area contributed by atoms with Gasteiger partial charge in [0, 0.05) is 31.2 Å². The average molecular weight is 383 g/mol. The highest BCUT2D eigenvalue weighted by Gasteiger charge is 2.25. The lowest BCUT2D eigenvalue weighted by atomic mass is 10.2. The van der Waals surface area contributed by atoms with Gasteiger partial charge in [0.1, 0.15) is 0 Å². The second-order valence-electron chi connectivity index (χ2n) is 5.54. The van der Waals surface area contributed by atoms with Gasteiger partial charge in [0.2, 0.25) is 0 Å². The number of halogens is 2. The number of carbonyl (C=O) groups excluding carboxylic acids is 2. The third-order valence-electron chi connectivity index (χ3n) is 3.96. The zero-order valence-corrected chi connectivity index (χ0v) is 15.2. The Kier molecular flexibility index (Phi) is 5.43. The van der Waals surface area contributed by atoms with Crippen LogP contribution in [-0.2, 0) is 0 Å². The molecule has 0 aliphatic carbocycles. The highest BCUT2D eigenvalue weighted by Crippen LogP contribution is 2.23. The fourth-order valence-corrected chi connectivity index (χ4v) is 3.77. The van der Waals surface area contributed by atoms with Gasteiger partial charge in [0.15, 0.2) is 0 Å². The Morgan fingerprint density at radius 3 is 2.33 bits per heavy atom. The van der Waals surface area contributed by atoms with Crippen molar-refractivity contribution in [2.45, 2.75) is 6.42 Å². The van der Waals surface area contributed by atoms with Crippen molar-refractivity contribution in [2.75, 3.05) is 26.2 Å². The largest absolute Gasteiger partial charge is 0.337 e. The van der Waals surface area contributed by atoms with Crippen LogP contribution in [0.25, 0.3) is 0 Å². The maximum atomic E-state index is 12.7. The summed E-state index contributed by atoms with van der Waals surface area (Å²) in [6, 6.07) is 8.57. The molecule has 1 aliphatic rings. The van der Waals surface area contributed by atoms with Crippen molar-refractivity contribution in [2.24, 2.45) is 0 Å². The fourth-order valence-electron chi connectivity index (χ4n) is 2.71. The second-order valence-corrected chi connectivity index (χ2v) is 7.33. The zero-order chi connectivity index (χ0) is 17.1. The van der Waals surface area contributed by atoms with Gasteiger partial charge in [0.05, 0.1) is 15.5 Å². The molecule has 1 aliphatic heterocycles. The van der Waals surface area contributed by atoms with Gasteiger partial charge >= 0.3 is 0 Å². The third-order valence-corrected chi connectivity index (χ3v) is 5.38. The molecule has 1 aromatic carbocycles. The molecule has 2 heterocycles. The van der Waals surface area contributed by atoms with Crippen LogP contribution in [0.3, 0.4) is 0 Å². The molecule has 1 saturated heterocycles. The number of benzene rings is 1. The molecule has 126 valence electrons. The van der Waals surface area contributed by atoms with Crippen LogP contribution in [0.1, 0.15) is 26.5 Å². The molecule has 0 saturated carbocycles. The average Bonchev–Trinajstić information content (AvgIpc) is 3.00. The summed E-state index contributed by atoms with van der Waals surface area (Å²) in [5.41, 5.74) is 0.405. The van der Waals surface area contributed by atoms with E-state index in [9.17, 15) is 9.59 Å². The van der Waals surface area contributed by atoms with Gasteiger partial charge in [-0.05, 0) is 36.1 Å². The summed E-state index contributed by atoms with van der Waals surface area (Å²) in [5, 5.41) is 2.76. The van der Waals surface area contributed by atoms with E-state index in [2.05, 4.69) is 0 Å². The van der Waals surface area contributed by atoms with E-state index in [-0.39, 0.29) is 11.8 Å². The van der Waals surface area contributed by atoms with Gasteiger partial charge in [0.25, 0.3) is 11.8 Å². The fraction of sp³-hybridized carbons (Fsp3) is 0.294. The molecule has 1 aromatic heterocycles. The minimum absolute atomic E-state index is 0.0279. The SMILES string of the molecule is O=C(c1cccs1)N1CCCN(C(=O)c2cc(Cl)ccc2Cl)CC1. The number of carbonyl (C=O) groups is 2. The van der Waals surface area contributed by atoms with Crippen LogP contribution >= 0.6 is 34.5 Å². The number of thiophene rings is 1. The van der Waals surface area contributed by atoms with Crippen molar-refractivity contribution in [1.82, 2.24) is 9.80 Å². The summed E-state index contributed by atoms with van der Waals surface area (Å²) < 4.78 is 0. The molecular weight excluding hydrogens is 367 g/mol. The first-order valence-electron chi connectivity index (χ1n) is 7.63. The molecule has 0 unspecified atom stereocenters. The van der Waals surface area contributed by atoms with Crippen LogP contribution in [0.15, 0.2) is 35.7 Å². The normalized spacial score (nSPS) is 15.2. The Hall–Kier alpha value is -1.56. The topological polar surface area (TPSA) is 40.6 Å². The van der Waals surface area contributed by atoms with Gasteiger partial charge in [-0.3, -0.25) is 9.59 Å². The van der Waals surface area contributed by atoms with E-state index < -0.39 is 0 Å². The second kappa shape index (κ2) is 7.55. The highest BCUT2D eigenvalue weighted by atomic mass is 35.5. The van der Waals surface area contributed by atoms with E-state index in [1.165, 1.54) is 11.3 Å². The zero-order valence-electron chi connectivity index (χ0n) is 12.9. The molecule has 3 rings (SSSR count). The van der Waals surface area contributed by atoms with Crippen molar-refractivity contribution in [3.63, 3.8) is 0 Å². The summed E-state index contributed by atoms with van der Waals surface area (Å²) in [7, 11) is 0. The first-order chi connectivity index (χ1) is 11.6. The third kappa shape index (κ3) is 3.74. The van der Waals surface area contributed by atoms with E-state index in [0.717, 1.165) is 11.3 Å². The van der Waals surface area contributed by atoms with Crippen LogP contribution in [0, 0.1) is 0 Å². The molecule has 0 radical (unpaired) electrons. The number of rotatable bonds is 2. The summed E-state index contributed by atoms with van der Waals surface area (Å²) in [5.74, 6) is -0.118. The molecule has 2 aromatic rings. The van der Waals surface area contributed by atoms with Gasteiger partial charge < -0.3 is 9.80 Å². The van der Waals surface area contributed by atoms with Crippen LogP contribution in [0.5, 0.6) is 0 Å². The number of nitrogens with zero attached hydrogens (tertiary/aromatic N) is 2. The molecule has 0 spiro atoms. The van der Waals surface area contributed by atoms with E-state index in [1.807, 2.05) is 17.5 Å². The Balaban J connectivity index is 1.70. The molecule has 1 fully saturated rings. The Bertz CT molecular complexity index is 749. The van der Waals surface area contributed by atoms with E-state index in [0.29, 0.717) is 41.8 Å². The number of amides is 2. The first kappa shape index (κ1) is 17.3. The smallest absolute Gasteiger partial charge is 0.263 e. The predicted octanol–water partition coefficient (Wildman–Crippen LogP) is 4.04. The molecule has 0 bridgehead atoms. The number of hydrogen-bond acceptors (Lipinski definition) is 3. The van der Waals surface area contributed by atoms with E-state index in [4.69, 9.17) is 23.2 Å². The summed E-state index contributed by atoms with van der Waals surface area (Å²) in [4.78, 5) is 29.4. The molecule has 24 heavy (non-hydrogen) atoms.